The van der Waals surface area contributed by atoms with Crippen LogP contribution in [0.4, 0.5) is 18.9 Å². The molecule has 3 aromatic rings. The highest BCUT2D eigenvalue weighted by atomic mass is 19.4. The van der Waals surface area contributed by atoms with Gasteiger partial charge in [0.25, 0.3) is 5.91 Å². The average molecular weight is 472 g/mol. The van der Waals surface area contributed by atoms with Crippen LogP contribution < -0.4 is 10.6 Å². The van der Waals surface area contributed by atoms with Gasteiger partial charge in [0, 0.05) is 24.6 Å². The minimum absolute atomic E-state index is 0.0450. The molecule has 8 nitrogen and oxygen atoms in total. The molecule has 1 aromatic heterocycles. The molecule has 0 atom stereocenters. The lowest BCUT2D eigenvalue weighted by Crippen LogP contribution is -2.25. The maximum atomic E-state index is 12.9. The Kier molecular flexibility index (Phi) is 7.57. The molecule has 0 saturated carbocycles. The van der Waals surface area contributed by atoms with Crippen molar-refractivity contribution in [2.75, 3.05) is 12.4 Å². The first-order valence-electron chi connectivity index (χ1n) is 9.88. The summed E-state index contributed by atoms with van der Waals surface area (Å²) in [5, 5.41) is 5.19. The third kappa shape index (κ3) is 6.61. The van der Waals surface area contributed by atoms with Gasteiger partial charge in [-0.15, -0.1) is 0 Å². The molecule has 3 rings (SSSR count). The topological polar surface area (TPSA) is 110 Å². The van der Waals surface area contributed by atoms with Gasteiger partial charge in [-0.1, -0.05) is 18.2 Å². The van der Waals surface area contributed by atoms with Crippen molar-refractivity contribution in [3.63, 3.8) is 0 Å². The van der Waals surface area contributed by atoms with E-state index in [1.165, 1.54) is 56.0 Å². The Morgan fingerprint density at radius 3 is 2.50 bits per heavy atom. The Hall–Kier alpha value is -4.28. The Morgan fingerprint density at radius 2 is 1.82 bits per heavy atom. The molecule has 2 amide bonds. The third-order valence-electron chi connectivity index (χ3n) is 4.58. The van der Waals surface area contributed by atoms with E-state index in [4.69, 9.17) is 4.74 Å². The number of nitrogens with one attached hydrogen (secondary N) is 2. The summed E-state index contributed by atoms with van der Waals surface area (Å²) in [5.41, 5.74) is 0.249. The van der Waals surface area contributed by atoms with Crippen LogP contribution in [0.5, 0.6) is 0 Å². The van der Waals surface area contributed by atoms with E-state index in [9.17, 15) is 27.6 Å². The lowest BCUT2D eigenvalue weighted by atomic mass is 10.1. The van der Waals surface area contributed by atoms with Gasteiger partial charge in [0.2, 0.25) is 5.91 Å². The second kappa shape index (κ2) is 10.6. The van der Waals surface area contributed by atoms with Crippen LogP contribution in [0.2, 0.25) is 0 Å². The zero-order valence-corrected chi connectivity index (χ0v) is 17.8. The van der Waals surface area contributed by atoms with E-state index >= 15 is 0 Å². The number of methoxy groups -OCH3 is 1. The molecule has 0 unspecified atom stereocenters. The number of carbonyl (C=O) groups is 3. The first-order valence-corrected chi connectivity index (χ1v) is 9.88. The quantitative estimate of drug-likeness (QED) is 0.510. The monoisotopic (exact) mass is 472 g/mol. The van der Waals surface area contributed by atoms with E-state index in [0.29, 0.717) is 5.56 Å². The van der Waals surface area contributed by atoms with Crippen LogP contribution in [0.3, 0.4) is 0 Å². The number of aromatic nitrogens is 2. The second-order valence-electron chi connectivity index (χ2n) is 7.11. The Labute approximate surface area is 192 Å². The zero-order valence-electron chi connectivity index (χ0n) is 17.8. The summed E-state index contributed by atoms with van der Waals surface area (Å²) in [4.78, 5) is 44.4. The molecule has 0 spiro atoms. The molecule has 0 fully saturated rings. The molecular weight excluding hydrogens is 453 g/mol. The molecule has 176 valence electrons. The summed E-state index contributed by atoms with van der Waals surface area (Å²) < 4.78 is 43.3. The van der Waals surface area contributed by atoms with Crippen LogP contribution in [-0.4, -0.2) is 34.9 Å². The standard InChI is InChI=1S/C23H19F3N4O4/c1-34-22(33)16-7-15(9-18(11-16)30-21(32)19-13-27-5-6-28-19)12-29-20(31)10-14-3-2-4-17(8-14)23(24,25)26/h2-9,11,13H,10,12H2,1H3,(H,29,31)(H,30,32). The molecule has 0 aliphatic heterocycles. The summed E-state index contributed by atoms with van der Waals surface area (Å²) in [7, 11) is 1.20. The first-order chi connectivity index (χ1) is 16.2. The Balaban J connectivity index is 1.72. The normalized spacial score (nSPS) is 10.9. The molecule has 2 aromatic carbocycles. The van der Waals surface area contributed by atoms with Crippen molar-refractivity contribution >= 4 is 23.5 Å². The number of alkyl halides is 3. The van der Waals surface area contributed by atoms with E-state index in [1.807, 2.05) is 0 Å². The molecule has 0 aliphatic carbocycles. The Morgan fingerprint density at radius 1 is 1.03 bits per heavy atom. The molecular formula is C23H19F3N4O4. The number of hydrogen-bond acceptors (Lipinski definition) is 6. The fourth-order valence-corrected chi connectivity index (χ4v) is 3.02. The van der Waals surface area contributed by atoms with E-state index in [-0.39, 0.29) is 35.5 Å². The Bertz CT molecular complexity index is 1200. The minimum atomic E-state index is -4.51. The van der Waals surface area contributed by atoms with Crippen molar-refractivity contribution in [3.05, 3.63) is 89.0 Å². The molecule has 0 bridgehead atoms. The summed E-state index contributed by atoms with van der Waals surface area (Å²) in [5.74, 6) is -1.74. The molecule has 11 heteroatoms. The van der Waals surface area contributed by atoms with E-state index < -0.39 is 29.5 Å². The number of esters is 1. The summed E-state index contributed by atoms with van der Waals surface area (Å²) in [6.45, 7) is -0.0450. The maximum Gasteiger partial charge on any atom is 0.416 e. The van der Waals surface area contributed by atoms with E-state index in [2.05, 4.69) is 20.6 Å². The highest BCUT2D eigenvalue weighted by molar-refractivity contribution is 6.03. The second-order valence-corrected chi connectivity index (χ2v) is 7.11. The number of carbonyl (C=O) groups excluding carboxylic acids is 3. The molecule has 1 heterocycles. The summed E-state index contributed by atoms with van der Waals surface area (Å²) in [6, 6.07) is 8.89. The van der Waals surface area contributed by atoms with Crippen molar-refractivity contribution in [2.24, 2.45) is 0 Å². The van der Waals surface area contributed by atoms with Crippen molar-refractivity contribution in [1.29, 1.82) is 0 Å². The molecule has 0 aliphatic rings. The van der Waals surface area contributed by atoms with Crippen LogP contribution in [0, 0.1) is 0 Å². The van der Waals surface area contributed by atoms with Crippen molar-refractivity contribution < 1.29 is 32.3 Å². The summed E-state index contributed by atoms with van der Waals surface area (Å²) in [6.07, 6.45) is -0.738. The number of nitrogens with zero attached hydrogens (tertiary/aromatic N) is 2. The minimum Gasteiger partial charge on any atom is -0.465 e. The van der Waals surface area contributed by atoms with Crippen molar-refractivity contribution in [1.82, 2.24) is 15.3 Å². The smallest absolute Gasteiger partial charge is 0.416 e. The van der Waals surface area contributed by atoms with Crippen LogP contribution in [0.15, 0.2) is 61.1 Å². The third-order valence-corrected chi connectivity index (χ3v) is 4.58. The van der Waals surface area contributed by atoms with Gasteiger partial charge in [0.1, 0.15) is 5.69 Å². The SMILES string of the molecule is COC(=O)c1cc(CNC(=O)Cc2cccc(C(F)(F)F)c2)cc(NC(=O)c2cnccn2)c1. The van der Waals surface area contributed by atoms with Crippen LogP contribution in [0.25, 0.3) is 0 Å². The van der Waals surface area contributed by atoms with Crippen LogP contribution >= 0.6 is 0 Å². The zero-order chi connectivity index (χ0) is 24.7. The highest BCUT2D eigenvalue weighted by Crippen LogP contribution is 2.29. The van der Waals surface area contributed by atoms with Gasteiger partial charge >= 0.3 is 12.1 Å². The maximum absolute atomic E-state index is 12.9. The predicted molar refractivity (Wildman–Crippen MR) is 115 cm³/mol. The number of rotatable bonds is 7. The predicted octanol–water partition coefficient (Wildman–Crippen LogP) is 3.39. The molecule has 2 N–H and O–H groups in total. The highest BCUT2D eigenvalue weighted by Gasteiger charge is 2.30. The number of anilines is 1. The van der Waals surface area contributed by atoms with Gasteiger partial charge in [0.15, 0.2) is 0 Å². The van der Waals surface area contributed by atoms with Crippen LogP contribution in [-0.2, 0) is 28.7 Å². The average Bonchev–Trinajstić information content (AvgIpc) is 2.82. The first kappa shape index (κ1) is 24.4. The number of ether oxygens (including phenoxy) is 1. The van der Waals surface area contributed by atoms with Crippen molar-refractivity contribution in [2.45, 2.75) is 19.1 Å². The van der Waals surface area contributed by atoms with Crippen molar-refractivity contribution in [3.8, 4) is 0 Å². The van der Waals surface area contributed by atoms with Gasteiger partial charge in [-0.2, -0.15) is 13.2 Å². The van der Waals surface area contributed by atoms with Gasteiger partial charge in [-0.05, 0) is 35.4 Å². The summed E-state index contributed by atoms with van der Waals surface area (Å²) >= 11 is 0. The molecule has 34 heavy (non-hydrogen) atoms. The van der Waals surface area contributed by atoms with Crippen LogP contribution in [0.1, 0.15) is 37.5 Å². The van der Waals surface area contributed by atoms with Gasteiger partial charge in [-0.3, -0.25) is 14.6 Å². The van der Waals surface area contributed by atoms with E-state index in [0.717, 1.165) is 12.1 Å². The van der Waals surface area contributed by atoms with Gasteiger partial charge in [0.05, 0.1) is 30.9 Å². The van der Waals surface area contributed by atoms with Gasteiger partial charge < -0.3 is 15.4 Å². The number of amides is 2. The van der Waals surface area contributed by atoms with E-state index in [1.54, 1.807) is 0 Å². The number of halogens is 3. The number of benzene rings is 2. The molecule has 0 radical (unpaired) electrons. The fraction of sp³-hybridized carbons (Fsp3) is 0.174. The lowest BCUT2D eigenvalue weighted by molar-refractivity contribution is -0.137. The van der Waals surface area contributed by atoms with Gasteiger partial charge in [-0.25, -0.2) is 9.78 Å². The lowest BCUT2D eigenvalue weighted by Gasteiger charge is -2.12. The largest absolute Gasteiger partial charge is 0.465 e. The fourth-order valence-electron chi connectivity index (χ4n) is 3.02. The number of hydrogen-bond donors (Lipinski definition) is 2. The molecule has 0 saturated heterocycles.